The summed E-state index contributed by atoms with van der Waals surface area (Å²) in [6.45, 7) is 4.81. The second-order valence-electron chi connectivity index (χ2n) is 10.2. The largest absolute Gasteiger partial charge is 0.497 e. The van der Waals surface area contributed by atoms with E-state index in [1.807, 2.05) is 6.92 Å². The van der Waals surface area contributed by atoms with Gasteiger partial charge >= 0.3 is 0 Å². The van der Waals surface area contributed by atoms with E-state index in [0.717, 1.165) is 23.2 Å². The van der Waals surface area contributed by atoms with Crippen molar-refractivity contribution in [3.63, 3.8) is 0 Å². The van der Waals surface area contributed by atoms with Gasteiger partial charge in [0, 0.05) is 34.8 Å². The molecule has 0 aromatic heterocycles. The molecule has 0 aliphatic rings. The second-order valence-corrected chi connectivity index (χ2v) is 12.9. The molecule has 1 N–H and O–H groups in total. The number of anilines is 1. The zero-order chi connectivity index (χ0) is 33.3. The summed E-state index contributed by atoms with van der Waals surface area (Å²) in [7, 11) is -3.08. The zero-order valence-electron chi connectivity index (χ0n) is 25.5. The summed E-state index contributed by atoms with van der Waals surface area (Å²) < 4.78 is 34.3. The number of ether oxygens (including phenoxy) is 1. The van der Waals surface area contributed by atoms with Crippen LogP contribution in [0.2, 0.25) is 10.0 Å². The highest BCUT2D eigenvalue weighted by Gasteiger charge is 2.34. The highest BCUT2D eigenvalue weighted by atomic mass is 35.5. The Bertz CT molecular complexity index is 1640. The molecule has 0 aliphatic heterocycles. The van der Waals surface area contributed by atoms with E-state index in [2.05, 4.69) is 5.32 Å². The number of nitro benzene ring substituents is 1. The van der Waals surface area contributed by atoms with Gasteiger partial charge in [-0.15, -0.1) is 0 Å². The van der Waals surface area contributed by atoms with E-state index in [0.29, 0.717) is 22.9 Å². The molecule has 3 aromatic rings. The van der Waals surface area contributed by atoms with Gasteiger partial charge in [-0.05, 0) is 67.8 Å². The van der Waals surface area contributed by atoms with Crippen LogP contribution in [0.15, 0.2) is 65.6 Å². The number of halogens is 2. The third-order valence-electron chi connectivity index (χ3n) is 7.18. The first-order valence-electron chi connectivity index (χ1n) is 14.3. The number of rotatable bonds is 15. The van der Waals surface area contributed by atoms with Gasteiger partial charge in [-0.25, -0.2) is 8.42 Å². The van der Waals surface area contributed by atoms with Gasteiger partial charge in [0.2, 0.25) is 11.8 Å². The summed E-state index contributed by atoms with van der Waals surface area (Å²) in [5.41, 5.74) is 0.502. The molecule has 11 nitrogen and oxygen atoms in total. The molecule has 1 atom stereocenters. The van der Waals surface area contributed by atoms with E-state index >= 15 is 0 Å². The minimum absolute atomic E-state index is 0.109. The fourth-order valence-corrected chi connectivity index (χ4v) is 6.51. The van der Waals surface area contributed by atoms with Gasteiger partial charge in [0.15, 0.2) is 0 Å². The van der Waals surface area contributed by atoms with Crippen molar-refractivity contribution in [2.75, 3.05) is 24.5 Å². The third-order valence-corrected chi connectivity index (χ3v) is 9.53. The highest BCUT2D eigenvalue weighted by Crippen LogP contribution is 2.30. The lowest BCUT2D eigenvalue weighted by molar-refractivity contribution is -0.385. The molecule has 0 saturated heterocycles. The molecule has 45 heavy (non-hydrogen) atoms. The Kier molecular flexibility index (Phi) is 12.6. The summed E-state index contributed by atoms with van der Waals surface area (Å²) in [4.78, 5) is 39.4. The highest BCUT2D eigenvalue weighted by molar-refractivity contribution is 7.92. The van der Waals surface area contributed by atoms with Crippen molar-refractivity contribution in [3.05, 3.63) is 92.0 Å². The minimum atomic E-state index is -4.54. The standard InChI is InChI=1S/C31H36Cl2N4O7S/c1-5-7-16-34-31(39)28(6-2)35(19-22-9-10-23(32)17-27(22)33)30(38)20-36(24-11-13-25(44-4)14-12-24)45(42,43)26-15-8-21(3)29(18-26)37(40)41/h8-15,17-18,28H,5-7,16,19-20H2,1-4H3,(H,34,39)/t28-/m0/s1. The molecule has 2 amide bonds. The van der Waals surface area contributed by atoms with E-state index < -0.39 is 39.3 Å². The fourth-order valence-electron chi connectivity index (χ4n) is 4.61. The van der Waals surface area contributed by atoms with Crippen LogP contribution in [0, 0.1) is 17.0 Å². The predicted molar refractivity (Wildman–Crippen MR) is 174 cm³/mol. The topological polar surface area (TPSA) is 139 Å². The summed E-state index contributed by atoms with van der Waals surface area (Å²) in [6.07, 6.45) is 1.83. The summed E-state index contributed by atoms with van der Waals surface area (Å²) in [5, 5.41) is 15.1. The maximum Gasteiger partial charge on any atom is 0.273 e. The van der Waals surface area contributed by atoms with Crippen LogP contribution in [0.5, 0.6) is 5.75 Å². The summed E-state index contributed by atoms with van der Waals surface area (Å²) in [5.74, 6) is -0.640. The summed E-state index contributed by atoms with van der Waals surface area (Å²) in [6, 6.07) is 13.3. The van der Waals surface area contributed by atoms with Crippen molar-refractivity contribution in [1.82, 2.24) is 10.2 Å². The Hall–Kier alpha value is -3.87. The second kappa shape index (κ2) is 15.9. The molecule has 3 rings (SSSR count). The van der Waals surface area contributed by atoms with Crippen molar-refractivity contribution >= 4 is 56.4 Å². The number of nitrogens with zero attached hydrogens (tertiary/aromatic N) is 3. The first-order valence-corrected chi connectivity index (χ1v) is 16.5. The molecule has 0 radical (unpaired) electrons. The molecular weight excluding hydrogens is 643 g/mol. The lowest BCUT2D eigenvalue weighted by atomic mass is 10.1. The SMILES string of the molecule is CCCCNC(=O)[C@H](CC)N(Cc1ccc(Cl)cc1Cl)C(=O)CN(c1ccc(OC)cc1)S(=O)(=O)c1ccc(C)c([N+](=O)[O-])c1. The number of sulfonamides is 1. The molecule has 0 aliphatic carbocycles. The normalized spacial score (nSPS) is 11.9. The molecule has 242 valence electrons. The van der Waals surface area contributed by atoms with Crippen LogP contribution in [0.4, 0.5) is 11.4 Å². The number of aryl methyl sites for hydroxylation is 1. The number of benzene rings is 3. The Morgan fingerprint density at radius 3 is 2.31 bits per heavy atom. The average molecular weight is 680 g/mol. The molecule has 0 bridgehead atoms. The number of methoxy groups -OCH3 is 1. The maximum absolute atomic E-state index is 14.2. The number of amides is 2. The smallest absolute Gasteiger partial charge is 0.273 e. The Morgan fingerprint density at radius 1 is 1.04 bits per heavy atom. The van der Waals surface area contributed by atoms with Crippen LogP contribution in [0.1, 0.15) is 44.2 Å². The van der Waals surface area contributed by atoms with Gasteiger partial charge in [0.05, 0.1) is 22.6 Å². The first-order chi connectivity index (χ1) is 21.3. The van der Waals surface area contributed by atoms with Crippen molar-refractivity contribution in [1.29, 1.82) is 0 Å². The van der Waals surface area contributed by atoms with Crippen LogP contribution in [0.25, 0.3) is 0 Å². The molecule has 0 saturated carbocycles. The molecule has 0 fully saturated rings. The molecule has 0 unspecified atom stereocenters. The van der Waals surface area contributed by atoms with Crippen LogP contribution in [-0.2, 0) is 26.2 Å². The third kappa shape index (κ3) is 8.86. The van der Waals surface area contributed by atoms with Gasteiger partial charge in [-0.1, -0.05) is 55.6 Å². The van der Waals surface area contributed by atoms with Crippen molar-refractivity contribution in [3.8, 4) is 5.75 Å². The van der Waals surface area contributed by atoms with E-state index in [-0.39, 0.29) is 39.8 Å². The van der Waals surface area contributed by atoms with E-state index in [1.165, 1.54) is 61.4 Å². The molecule has 14 heteroatoms. The molecule has 0 heterocycles. The average Bonchev–Trinajstić information content (AvgIpc) is 3.00. The number of hydrogen-bond donors (Lipinski definition) is 1. The van der Waals surface area contributed by atoms with Gasteiger partial charge in [0.1, 0.15) is 18.3 Å². The van der Waals surface area contributed by atoms with E-state index in [9.17, 15) is 28.1 Å². The fraction of sp³-hybridized carbons (Fsp3) is 0.355. The minimum Gasteiger partial charge on any atom is -0.497 e. The lowest BCUT2D eigenvalue weighted by Gasteiger charge is -2.33. The number of hydrogen-bond acceptors (Lipinski definition) is 7. The number of nitro groups is 1. The molecular formula is C31H36Cl2N4O7S. The Labute approximate surface area is 273 Å². The van der Waals surface area contributed by atoms with Gasteiger partial charge < -0.3 is 15.0 Å². The van der Waals surface area contributed by atoms with Crippen LogP contribution >= 0.6 is 23.2 Å². The van der Waals surface area contributed by atoms with Gasteiger partial charge in [0.25, 0.3) is 15.7 Å². The van der Waals surface area contributed by atoms with Gasteiger partial charge in [-0.2, -0.15) is 0 Å². The lowest BCUT2D eigenvalue weighted by Crippen LogP contribution is -2.52. The predicted octanol–water partition coefficient (Wildman–Crippen LogP) is 6.14. The quantitative estimate of drug-likeness (QED) is 0.116. The Morgan fingerprint density at radius 2 is 1.73 bits per heavy atom. The maximum atomic E-state index is 14.2. The number of carbonyl (C=O) groups is 2. The molecule has 3 aromatic carbocycles. The van der Waals surface area contributed by atoms with Gasteiger partial charge in [-0.3, -0.25) is 24.0 Å². The summed E-state index contributed by atoms with van der Waals surface area (Å²) >= 11 is 12.5. The van der Waals surface area contributed by atoms with Crippen molar-refractivity contribution < 1.29 is 27.7 Å². The van der Waals surface area contributed by atoms with Crippen molar-refractivity contribution in [2.45, 2.75) is 57.5 Å². The van der Waals surface area contributed by atoms with Crippen molar-refractivity contribution in [2.24, 2.45) is 0 Å². The van der Waals surface area contributed by atoms with Crippen LogP contribution < -0.4 is 14.4 Å². The number of unbranched alkanes of at least 4 members (excludes halogenated alkanes) is 1. The van der Waals surface area contributed by atoms with Crippen LogP contribution in [-0.4, -0.2) is 56.3 Å². The van der Waals surface area contributed by atoms with Crippen LogP contribution in [0.3, 0.4) is 0 Å². The zero-order valence-corrected chi connectivity index (χ0v) is 27.8. The van der Waals surface area contributed by atoms with E-state index in [4.69, 9.17) is 27.9 Å². The number of nitrogens with one attached hydrogen (secondary N) is 1. The first kappa shape index (κ1) is 35.6. The molecule has 0 spiro atoms. The monoisotopic (exact) mass is 678 g/mol. The van der Waals surface area contributed by atoms with E-state index in [1.54, 1.807) is 19.1 Å². The number of carbonyl (C=O) groups excluding carboxylic acids is 2. The Balaban J connectivity index is 2.12.